The lowest BCUT2D eigenvalue weighted by Gasteiger charge is -2.22. The fraction of sp³-hybridized carbons (Fsp3) is 0.542. The van der Waals surface area contributed by atoms with E-state index in [0.717, 1.165) is 6.42 Å². The topological polar surface area (TPSA) is 76.2 Å². The Labute approximate surface area is 184 Å². The molecule has 0 N–H and O–H groups in total. The minimum absolute atomic E-state index is 0.0420. The van der Waals surface area contributed by atoms with Gasteiger partial charge in [0.1, 0.15) is 5.75 Å². The first-order valence-corrected chi connectivity index (χ1v) is 11.3. The highest BCUT2D eigenvalue weighted by Gasteiger charge is 2.22. The summed E-state index contributed by atoms with van der Waals surface area (Å²) in [7, 11) is 0. The Kier molecular flexibility index (Phi) is 8.50. The molecule has 1 aromatic carbocycles. The molecule has 1 saturated heterocycles. The zero-order chi connectivity index (χ0) is 22.1. The Morgan fingerprint density at radius 3 is 2.32 bits per heavy atom. The zero-order valence-corrected chi connectivity index (χ0v) is 18.3. The van der Waals surface area contributed by atoms with Gasteiger partial charge in [0.05, 0.1) is 6.61 Å². The first-order valence-electron chi connectivity index (χ1n) is 11.3. The standard InChI is InChI=1S/C24H32N2O5/c1-2-30-24(29)31-21-12-10-20(11-13-21)23(28)26-16-6-15-25(17-18-26)22(27)14-9-19-7-4-3-5-8-19/h9-14,19H,2-8,15-18H2,1H3/b14-9+. The van der Waals surface area contributed by atoms with E-state index in [1.54, 1.807) is 42.2 Å². The van der Waals surface area contributed by atoms with E-state index in [1.165, 1.54) is 32.1 Å². The molecule has 0 radical (unpaired) electrons. The van der Waals surface area contributed by atoms with Crippen LogP contribution in [0, 0.1) is 5.92 Å². The highest BCUT2D eigenvalue weighted by molar-refractivity contribution is 5.94. The Morgan fingerprint density at radius 1 is 0.935 bits per heavy atom. The summed E-state index contributed by atoms with van der Waals surface area (Å²) in [4.78, 5) is 40.5. The molecule has 2 fully saturated rings. The third-order valence-electron chi connectivity index (χ3n) is 5.82. The molecule has 1 saturated carbocycles. The smallest absolute Gasteiger partial charge is 0.434 e. The van der Waals surface area contributed by atoms with Crippen LogP contribution in [0.3, 0.4) is 0 Å². The Morgan fingerprint density at radius 2 is 1.61 bits per heavy atom. The first kappa shape index (κ1) is 22.8. The van der Waals surface area contributed by atoms with Crippen molar-refractivity contribution in [3.63, 3.8) is 0 Å². The molecular formula is C24H32N2O5. The van der Waals surface area contributed by atoms with Crippen molar-refractivity contribution in [1.82, 2.24) is 9.80 Å². The molecule has 2 aliphatic rings. The highest BCUT2D eigenvalue weighted by atomic mass is 16.7. The molecule has 3 rings (SSSR count). The van der Waals surface area contributed by atoms with Crippen LogP contribution in [0.2, 0.25) is 0 Å². The molecule has 0 atom stereocenters. The predicted molar refractivity (Wildman–Crippen MR) is 117 cm³/mol. The van der Waals surface area contributed by atoms with Gasteiger partial charge in [0.2, 0.25) is 5.91 Å². The van der Waals surface area contributed by atoms with Gasteiger partial charge in [-0.25, -0.2) is 4.79 Å². The van der Waals surface area contributed by atoms with Gasteiger partial charge in [0.15, 0.2) is 0 Å². The number of ether oxygens (including phenoxy) is 2. The summed E-state index contributed by atoms with van der Waals surface area (Å²) >= 11 is 0. The molecule has 1 aliphatic heterocycles. The number of rotatable bonds is 5. The fourth-order valence-corrected chi connectivity index (χ4v) is 4.08. The normalized spacial score (nSPS) is 18.0. The number of benzene rings is 1. The number of allylic oxidation sites excluding steroid dienone is 1. The van der Waals surface area contributed by atoms with Crippen LogP contribution in [-0.4, -0.2) is 60.6 Å². The van der Waals surface area contributed by atoms with Crippen LogP contribution in [0.15, 0.2) is 36.4 Å². The fourth-order valence-electron chi connectivity index (χ4n) is 4.08. The van der Waals surface area contributed by atoms with Crippen LogP contribution >= 0.6 is 0 Å². The lowest BCUT2D eigenvalue weighted by molar-refractivity contribution is -0.125. The van der Waals surface area contributed by atoms with Crippen LogP contribution in [0.5, 0.6) is 5.75 Å². The minimum Gasteiger partial charge on any atom is -0.434 e. The number of carbonyl (C=O) groups excluding carboxylic acids is 3. The second-order valence-corrected chi connectivity index (χ2v) is 8.04. The van der Waals surface area contributed by atoms with Gasteiger partial charge >= 0.3 is 6.16 Å². The van der Waals surface area contributed by atoms with Gasteiger partial charge in [0, 0.05) is 31.7 Å². The SMILES string of the molecule is CCOC(=O)Oc1ccc(C(=O)N2CCCN(C(=O)/C=C/C3CCCCC3)CC2)cc1. The molecule has 1 aromatic rings. The van der Waals surface area contributed by atoms with E-state index in [9.17, 15) is 14.4 Å². The zero-order valence-electron chi connectivity index (χ0n) is 18.3. The summed E-state index contributed by atoms with van der Waals surface area (Å²) in [5, 5.41) is 0. The van der Waals surface area contributed by atoms with Crippen molar-refractivity contribution in [3.8, 4) is 5.75 Å². The van der Waals surface area contributed by atoms with Gasteiger partial charge in [-0.1, -0.05) is 25.3 Å². The average molecular weight is 429 g/mol. The monoisotopic (exact) mass is 428 g/mol. The molecule has 7 heteroatoms. The molecular weight excluding hydrogens is 396 g/mol. The summed E-state index contributed by atoms with van der Waals surface area (Å²) in [6.07, 6.45) is 9.95. The number of carbonyl (C=O) groups is 3. The minimum atomic E-state index is -0.767. The molecule has 0 aromatic heterocycles. The van der Waals surface area contributed by atoms with Crippen LogP contribution in [0.25, 0.3) is 0 Å². The number of hydrogen-bond acceptors (Lipinski definition) is 5. The number of hydrogen-bond donors (Lipinski definition) is 0. The largest absolute Gasteiger partial charge is 0.513 e. The van der Waals surface area contributed by atoms with Crippen LogP contribution in [0.4, 0.5) is 4.79 Å². The number of nitrogens with zero attached hydrogens (tertiary/aromatic N) is 2. The van der Waals surface area contributed by atoms with Crippen molar-refractivity contribution in [1.29, 1.82) is 0 Å². The van der Waals surface area contributed by atoms with E-state index in [1.807, 2.05) is 4.90 Å². The van der Waals surface area contributed by atoms with Crippen molar-refractivity contribution in [2.75, 3.05) is 32.8 Å². The molecule has 2 amide bonds. The molecule has 1 aliphatic carbocycles. The highest BCUT2D eigenvalue weighted by Crippen LogP contribution is 2.24. The third kappa shape index (κ3) is 6.84. The van der Waals surface area contributed by atoms with Crippen molar-refractivity contribution in [2.45, 2.75) is 45.4 Å². The van der Waals surface area contributed by atoms with E-state index < -0.39 is 6.16 Å². The average Bonchev–Trinajstić information content (AvgIpc) is 3.05. The predicted octanol–water partition coefficient (Wildman–Crippen LogP) is 4.03. The van der Waals surface area contributed by atoms with E-state index in [4.69, 9.17) is 9.47 Å². The van der Waals surface area contributed by atoms with Gasteiger partial charge in [-0.15, -0.1) is 0 Å². The lowest BCUT2D eigenvalue weighted by Crippen LogP contribution is -2.36. The molecule has 1 heterocycles. The molecule has 0 unspecified atom stereocenters. The lowest BCUT2D eigenvalue weighted by atomic mass is 9.89. The van der Waals surface area contributed by atoms with Crippen molar-refractivity contribution >= 4 is 18.0 Å². The van der Waals surface area contributed by atoms with E-state index in [-0.39, 0.29) is 18.4 Å². The Bertz CT molecular complexity index is 784. The first-order chi connectivity index (χ1) is 15.1. The van der Waals surface area contributed by atoms with Crippen molar-refractivity contribution < 1.29 is 23.9 Å². The summed E-state index contributed by atoms with van der Waals surface area (Å²) in [5.41, 5.74) is 0.521. The van der Waals surface area contributed by atoms with Crippen LogP contribution in [-0.2, 0) is 9.53 Å². The summed E-state index contributed by atoms with van der Waals surface area (Å²) in [5.74, 6) is 0.806. The third-order valence-corrected chi connectivity index (χ3v) is 5.82. The van der Waals surface area contributed by atoms with Gasteiger partial charge in [-0.2, -0.15) is 0 Å². The molecule has 7 nitrogen and oxygen atoms in total. The Hall–Kier alpha value is -2.83. The maximum absolute atomic E-state index is 12.9. The van der Waals surface area contributed by atoms with Crippen LogP contribution < -0.4 is 4.74 Å². The Balaban J connectivity index is 1.51. The molecule has 0 spiro atoms. The van der Waals surface area contributed by atoms with Crippen molar-refractivity contribution in [3.05, 3.63) is 42.0 Å². The van der Waals surface area contributed by atoms with Gasteiger partial charge in [-0.05, 0) is 62.4 Å². The summed E-state index contributed by atoms with van der Waals surface area (Å²) in [6, 6.07) is 6.43. The summed E-state index contributed by atoms with van der Waals surface area (Å²) in [6.45, 7) is 4.23. The molecule has 0 bridgehead atoms. The van der Waals surface area contributed by atoms with Gasteiger partial charge < -0.3 is 19.3 Å². The van der Waals surface area contributed by atoms with Gasteiger partial charge in [0.25, 0.3) is 5.91 Å². The second-order valence-electron chi connectivity index (χ2n) is 8.04. The quantitative estimate of drug-likeness (QED) is 0.402. The van der Waals surface area contributed by atoms with E-state index in [2.05, 4.69) is 6.08 Å². The van der Waals surface area contributed by atoms with Crippen LogP contribution in [0.1, 0.15) is 55.8 Å². The molecule has 168 valence electrons. The maximum Gasteiger partial charge on any atom is 0.513 e. The van der Waals surface area contributed by atoms with Crippen molar-refractivity contribution in [2.24, 2.45) is 5.92 Å². The molecule has 31 heavy (non-hydrogen) atoms. The maximum atomic E-state index is 12.9. The summed E-state index contributed by atoms with van der Waals surface area (Å²) < 4.78 is 9.77. The second kappa shape index (κ2) is 11.5. The van der Waals surface area contributed by atoms with Gasteiger partial charge in [-0.3, -0.25) is 9.59 Å². The van der Waals surface area contributed by atoms with E-state index >= 15 is 0 Å². The van der Waals surface area contributed by atoms with E-state index in [0.29, 0.717) is 43.4 Å². The number of amides is 2.